The van der Waals surface area contributed by atoms with Gasteiger partial charge in [-0.3, -0.25) is 0 Å². The molecule has 1 saturated heterocycles. The Balaban J connectivity index is 2.17. The maximum absolute atomic E-state index is 9.70. The van der Waals surface area contributed by atoms with Gasteiger partial charge in [-0.15, -0.1) is 0 Å². The molecule has 1 aromatic rings. The number of aliphatic hydroxyl groups excluding tert-OH is 1. The van der Waals surface area contributed by atoms with E-state index in [0.29, 0.717) is 0 Å². The molecule has 0 spiro atoms. The van der Waals surface area contributed by atoms with Gasteiger partial charge in [0.15, 0.2) is 0 Å². The SMILES string of the molecule is Cc1cc(C)cc(CC2(CO)CCCNC2)c1. The summed E-state index contributed by atoms with van der Waals surface area (Å²) in [5.41, 5.74) is 4.05. The normalized spacial score (nSPS) is 24.9. The number of aryl methyl sites for hydroxylation is 2. The molecule has 2 N–H and O–H groups in total. The van der Waals surface area contributed by atoms with Crippen molar-refractivity contribution in [2.24, 2.45) is 5.41 Å². The van der Waals surface area contributed by atoms with E-state index in [1.54, 1.807) is 0 Å². The van der Waals surface area contributed by atoms with Gasteiger partial charge in [-0.05, 0) is 45.2 Å². The zero-order valence-electron chi connectivity index (χ0n) is 10.9. The van der Waals surface area contributed by atoms with E-state index in [1.807, 2.05) is 0 Å². The van der Waals surface area contributed by atoms with Crippen LogP contribution < -0.4 is 5.32 Å². The van der Waals surface area contributed by atoms with E-state index in [9.17, 15) is 5.11 Å². The summed E-state index contributed by atoms with van der Waals surface area (Å²) < 4.78 is 0. The van der Waals surface area contributed by atoms with Crippen LogP contribution in [0, 0.1) is 19.3 Å². The van der Waals surface area contributed by atoms with Crippen molar-refractivity contribution >= 4 is 0 Å². The number of piperidine rings is 1. The van der Waals surface area contributed by atoms with Crippen LogP contribution in [0.3, 0.4) is 0 Å². The molecule has 94 valence electrons. The Kier molecular flexibility index (Phi) is 3.85. The third-order valence-electron chi connectivity index (χ3n) is 3.76. The largest absolute Gasteiger partial charge is 0.396 e. The second-order valence-corrected chi connectivity index (χ2v) is 5.61. The van der Waals surface area contributed by atoms with E-state index in [4.69, 9.17) is 0 Å². The van der Waals surface area contributed by atoms with Crippen molar-refractivity contribution in [2.75, 3.05) is 19.7 Å². The first-order chi connectivity index (χ1) is 8.13. The number of nitrogens with one attached hydrogen (secondary N) is 1. The molecule has 17 heavy (non-hydrogen) atoms. The molecule has 0 aromatic heterocycles. The van der Waals surface area contributed by atoms with Crippen molar-refractivity contribution in [2.45, 2.75) is 33.1 Å². The van der Waals surface area contributed by atoms with Crippen molar-refractivity contribution in [1.29, 1.82) is 0 Å². The van der Waals surface area contributed by atoms with E-state index in [0.717, 1.165) is 25.9 Å². The van der Waals surface area contributed by atoms with Gasteiger partial charge in [0.1, 0.15) is 0 Å². The molecule has 2 nitrogen and oxygen atoms in total. The highest BCUT2D eigenvalue weighted by atomic mass is 16.3. The van der Waals surface area contributed by atoms with Gasteiger partial charge in [-0.1, -0.05) is 29.3 Å². The van der Waals surface area contributed by atoms with E-state index >= 15 is 0 Å². The van der Waals surface area contributed by atoms with Gasteiger partial charge in [0.05, 0.1) is 6.61 Å². The van der Waals surface area contributed by atoms with Gasteiger partial charge in [0.25, 0.3) is 0 Å². The molecule has 1 heterocycles. The van der Waals surface area contributed by atoms with Gasteiger partial charge >= 0.3 is 0 Å². The highest BCUT2D eigenvalue weighted by Crippen LogP contribution is 2.30. The quantitative estimate of drug-likeness (QED) is 0.839. The average molecular weight is 233 g/mol. The molecule has 1 fully saturated rings. The number of rotatable bonds is 3. The number of hydrogen-bond acceptors (Lipinski definition) is 2. The zero-order chi connectivity index (χ0) is 12.3. The molecule has 0 radical (unpaired) electrons. The predicted octanol–water partition coefficient (Wildman–Crippen LogP) is 2.21. The Morgan fingerprint density at radius 2 is 1.94 bits per heavy atom. The van der Waals surface area contributed by atoms with Crippen molar-refractivity contribution in [3.05, 3.63) is 34.9 Å². The van der Waals surface area contributed by atoms with Crippen LogP contribution in [-0.4, -0.2) is 24.8 Å². The fourth-order valence-electron chi connectivity index (χ4n) is 2.98. The Morgan fingerprint density at radius 1 is 1.24 bits per heavy atom. The van der Waals surface area contributed by atoms with Crippen molar-refractivity contribution in [3.63, 3.8) is 0 Å². The Bertz CT molecular complexity index is 360. The Labute approximate surface area is 104 Å². The zero-order valence-corrected chi connectivity index (χ0v) is 10.9. The summed E-state index contributed by atoms with van der Waals surface area (Å²) in [6.07, 6.45) is 3.29. The van der Waals surface area contributed by atoms with Crippen LogP contribution >= 0.6 is 0 Å². The summed E-state index contributed by atoms with van der Waals surface area (Å²) in [6, 6.07) is 6.70. The molecule has 0 amide bonds. The second-order valence-electron chi connectivity index (χ2n) is 5.61. The fourth-order valence-corrected chi connectivity index (χ4v) is 2.98. The lowest BCUT2D eigenvalue weighted by atomic mass is 9.76. The standard InChI is InChI=1S/C15H23NO/c1-12-6-13(2)8-14(7-12)9-15(11-17)4-3-5-16-10-15/h6-8,16-17H,3-5,9-11H2,1-2H3. The maximum Gasteiger partial charge on any atom is 0.0502 e. The highest BCUT2D eigenvalue weighted by Gasteiger charge is 2.31. The first kappa shape index (κ1) is 12.6. The monoisotopic (exact) mass is 233 g/mol. The van der Waals surface area contributed by atoms with Gasteiger partial charge < -0.3 is 10.4 Å². The van der Waals surface area contributed by atoms with Crippen LogP contribution in [0.4, 0.5) is 0 Å². The molecule has 1 unspecified atom stereocenters. The summed E-state index contributed by atoms with van der Waals surface area (Å²) in [4.78, 5) is 0. The van der Waals surface area contributed by atoms with Gasteiger partial charge in [-0.2, -0.15) is 0 Å². The molecule has 1 aromatic carbocycles. The molecule has 1 aliphatic rings. The van der Waals surface area contributed by atoms with Crippen molar-refractivity contribution in [3.8, 4) is 0 Å². The van der Waals surface area contributed by atoms with Crippen molar-refractivity contribution < 1.29 is 5.11 Å². The van der Waals surface area contributed by atoms with Crippen LogP contribution in [0.1, 0.15) is 29.5 Å². The Hall–Kier alpha value is -0.860. The third-order valence-corrected chi connectivity index (χ3v) is 3.76. The van der Waals surface area contributed by atoms with Gasteiger partial charge in [-0.25, -0.2) is 0 Å². The average Bonchev–Trinajstić information content (AvgIpc) is 2.29. The molecule has 2 rings (SSSR count). The van der Waals surface area contributed by atoms with E-state index < -0.39 is 0 Å². The fraction of sp³-hybridized carbons (Fsp3) is 0.600. The van der Waals surface area contributed by atoms with Crippen LogP contribution in [0.5, 0.6) is 0 Å². The molecule has 1 atom stereocenters. The minimum Gasteiger partial charge on any atom is -0.396 e. The topological polar surface area (TPSA) is 32.3 Å². The lowest BCUT2D eigenvalue weighted by Crippen LogP contribution is -2.44. The second kappa shape index (κ2) is 5.19. The molecule has 0 bridgehead atoms. The van der Waals surface area contributed by atoms with Gasteiger partial charge in [0.2, 0.25) is 0 Å². The minimum absolute atomic E-state index is 0.0541. The summed E-state index contributed by atoms with van der Waals surface area (Å²) in [6.45, 7) is 6.60. The smallest absolute Gasteiger partial charge is 0.0502 e. The first-order valence-corrected chi connectivity index (χ1v) is 6.52. The summed E-state index contributed by atoms with van der Waals surface area (Å²) in [5.74, 6) is 0. The lowest BCUT2D eigenvalue weighted by Gasteiger charge is -2.36. The predicted molar refractivity (Wildman–Crippen MR) is 71.2 cm³/mol. The van der Waals surface area contributed by atoms with Crippen LogP contribution in [-0.2, 0) is 6.42 Å². The molecular formula is C15H23NO. The van der Waals surface area contributed by atoms with Crippen LogP contribution in [0.25, 0.3) is 0 Å². The molecular weight excluding hydrogens is 210 g/mol. The number of aliphatic hydroxyl groups is 1. The lowest BCUT2D eigenvalue weighted by molar-refractivity contribution is 0.0948. The molecule has 0 saturated carbocycles. The van der Waals surface area contributed by atoms with Crippen LogP contribution in [0.2, 0.25) is 0 Å². The number of hydrogen-bond donors (Lipinski definition) is 2. The Morgan fingerprint density at radius 3 is 2.47 bits per heavy atom. The van der Waals surface area contributed by atoms with E-state index in [2.05, 4.69) is 37.4 Å². The molecule has 0 aliphatic carbocycles. The number of benzene rings is 1. The minimum atomic E-state index is 0.0541. The highest BCUT2D eigenvalue weighted by molar-refractivity contribution is 5.29. The first-order valence-electron chi connectivity index (χ1n) is 6.52. The molecule has 1 aliphatic heterocycles. The molecule has 2 heteroatoms. The van der Waals surface area contributed by atoms with E-state index in [-0.39, 0.29) is 12.0 Å². The summed E-state index contributed by atoms with van der Waals surface area (Å²) in [5, 5.41) is 13.1. The summed E-state index contributed by atoms with van der Waals surface area (Å²) >= 11 is 0. The van der Waals surface area contributed by atoms with Crippen molar-refractivity contribution in [1.82, 2.24) is 5.32 Å². The van der Waals surface area contributed by atoms with Crippen LogP contribution in [0.15, 0.2) is 18.2 Å². The summed E-state index contributed by atoms with van der Waals surface area (Å²) in [7, 11) is 0. The van der Waals surface area contributed by atoms with E-state index in [1.165, 1.54) is 23.1 Å². The van der Waals surface area contributed by atoms with Gasteiger partial charge in [0, 0.05) is 12.0 Å². The maximum atomic E-state index is 9.70. The third kappa shape index (κ3) is 3.08.